The maximum atomic E-state index is 12.3. The molecule has 1 aromatic rings. The van der Waals surface area contributed by atoms with Crippen molar-refractivity contribution in [3.05, 3.63) is 23.9 Å². The number of aromatic nitrogens is 1. The lowest BCUT2D eigenvalue weighted by molar-refractivity contribution is 0.0240. The summed E-state index contributed by atoms with van der Waals surface area (Å²) < 4.78 is 5.52. The van der Waals surface area contributed by atoms with Crippen molar-refractivity contribution in [2.75, 3.05) is 44.2 Å². The Morgan fingerprint density at radius 2 is 1.96 bits per heavy atom. The molecule has 0 aliphatic carbocycles. The Morgan fingerprint density at radius 3 is 2.64 bits per heavy atom. The molecule has 3 heterocycles. The van der Waals surface area contributed by atoms with Gasteiger partial charge in [0.1, 0.15) is 11.4 Å². The highest BCUT2D eigenvalue weighted by Gasteiger charge is 2.31. The molecular weight excluding hydrogens is 352 g/mol. The third kappa shape index (κ3) is 5.16. The molecule has 156 valence electrons. The molecule has 1 aromatic heterocycles. The fourth-order valence-corrected chi connectivity index (χ4v) is 4.17. The third-order valence-electron chi connectivity index (χ3n) is 5.57. The lowest BCUT2D eigenvalue weighted by atomic mass is 10.0. The number of amides is 1. The monoisotopic (exact) mass is 388 g/mol. The van der Waals surface area contributed by atoms with Gasteiger partial charge in [-0.25, -0.2) is 9.78 Å². The summed E-state index contributed by atoms with van der Waals surface area (Å²) in [7, 11) is 0. The van der Waals surface area contributed by atoms with Crippen molar-refractivity contribution in [3.8, 4) is 0 Å². The van der Waals surface area contributed by atoms with Crippen molar-refractivity contribution in [2.24, 2.45) is 0 Å². The van der Waals surface area contributed by atoms with Crippen LogP contribution in [0, 0.1) is 0 Å². The summed E-state index contributed by atoms with van der Waals surface area (Å²) in [4.78, 5) is 23.9. The first kappa shape index (κ1) is 20.9. The van der Waals surface area contributed by atoms with Gasteiger partial charge in [-0.2, -0.15) is 0 Å². The van der Waals surface area contributed by atoms with Crippen LogP contribution in [0.3, 0.4) is 0 Å². The number of carbonyl (C=O) groups excluding carboxylic acids is 1. The van der Waals surface area contributed by atoms with E-state index in [1.807, 2.05) is 31.9 Å². The van der Waals surface area contributed by atoms with Gasteiger partial charge in [-0.15, -0.1) is 0 Å². The van der Waals surface area contributed by atoms with E-state index >= 15 is 0 Å². The standard InChI is InChI=1S/C22H36N4O2/c1-5-6-12-24-13-8-10-19(24)18-9-7-11-23-20(18)25-14-16-26(17-15-25)21(27)28-22(2,3)4/h7,9,11,19H,5-6,8,10,12-17H2,1-4H3/t19-/m1/s1. The molecule has 0 bridgehead atoms. The van der Waals surface area contributed by atoms with Crippen LogP contribution in [0.25, 0.3) is 0 Å². The fraction of sp³-hybridized carbons (Fsp3) is 0.727. The quantitative estimate of drug-likeness (QED) is 0.761. The van der Waals surface area contributed by atoms with Crippen LogP contribution in [-0.4, -0.2) is 65.7 Å². The summed E-state index contributed by atoms with van der Waals surface area (Å²) >= 11 is 0. The lowest BCUT2D eigenvalue weighted by Gasteiger charge is -2.37. The molecule has 0 N–H and O–H groups in total. The SMILES string of the molecule is CCCCN1CCC[C@@H]1c1cccnc1N1CCN(C(=O)OC(C)(C)C)CC1. The van der Waals surface area contributed by atoms with Gasteiger partial charge in [0.2, 0.25) is 0 Å². The molecule has 0 aromatic carbocycles. The normalized spacial score (nSPS) is 21.2. The van der Waals surface area contributed by atoms with Crippen molar-refractivity contribution in [1.82, 2.24) is 14.8 Å². The largest absolute Gasteiger partial charge is 0.444 e. The van der Waals surface area contributed by atoms with Gasteiger partial charge in [-0.1, -0.05) is 19.4 Å². The number of ether oxygens (including phenoxy) is 1. The number of nitrogens with zero attached hydrogens (tertiary/aromatic N) is 4. The molecule has 6 heteroatoms. The highest BCUT2D eigenvalue weighted by Crippen LogP contribution is 2.36. The molecule has 2 aliphatic rings. The van der Waals surface area contributed by atoms with Gasteiger partial charge in [0.25, 0.3) is 0 Å². The summed E-state index contributed by atoms with van der Waals surface area (Å²) in [6.45, 7) is 13.3. The second kappa shape index (κ2) is 9.12. The smallest absolute Gasteiger partial charge is 0.410 e. The molecule has 28 heavy (non-hydrogen) atoms. The molecule has 0 spiro atoms. The van der Waals surface area contributed by atoms with Crippen molar-refractivity contribution in [2.45, 2.75) is 65.0 Å². The number of hydrogen-bond donors (Lipinski definition) is 0. The Kier molecular flexibility index (Phi) is 6.81. The predicted octanol–water partition coefficient (Wildman–Crippen LogP) is 4.08. The maximum Gasteiger partial charge on any atom is 0.410 e. The molecule has 2 fully saturated rings. The average Bonchev–Trinajstić information content (AvgIpc) is 3.13. The van der Waals surface area contributed by atoms with E-state index in [1.54, 1.807) is 0 Å². The number of unbranched alkanes of at least 4 members (excludes halogenated alkanes) is 1. The average molecular weight is 389 g/mol. The summed E-state index contributed by atoms with van der Waals surface area (Å²) in [5.41, 5.74) is 0.897. The van der Waals surface area contributed by atoms with E-state index in [-0.39, 0.29) is 6.09 Å². The predicted molar refractivity (Wildman–Crippen MR) is 113 cm³/mol. The summed E-state index contributed by atoms with van der Waals surface area (Å²) in [5, 5.41) is 0. The highest BCUT2D eigenvalue weighted by atomic mass is 16.6. The van der Waals surface area contributed by atoms with Crippen molar-refractivity contribution >= 4 is 11.9 Å². The van der Waals surface area contributed by atoms with E-state index in [9.17, 15) is 4.79 Å². The van der Waals surface area contributed by atoms with Gasteiger partial charge in [0, 0.05) is 44.0 Å². The topological polar surface area (TPSA) is 48.9 Å². The summed E-state index contributed by atoms with van der Waals surface area (Å²) in [6.07, 6.45) is 6.63. The van der Waals surface area contributed by atoms with Crippen LogP contribution in [0.5, 0.6) is 0 Å². The van der Waals surface area contributed by atoms with Crippen molar-refractivity contribution < 1.29 is 9.53 Å². The summed E-state index contributed by atoms with van der Waals surface area (Å²) in [6, 6.07) is 4.78. The van der Waals surface area contributed by atoms with E-state index in [1.165, 1.54) is 44.3 Å². The van der Waals surface area contributed by atoms with Crippen molar-refractivity contribution in [1.29, 1.82) is 0 Å². The maximum absolute atomic E-state index is 12.3. The molecule has 0 radical (unpaired) electrons. The minimum absolute atomic E-state index is 0.213. The molecule has 1 amide bonds. The number of likely N-dealkylation sites (tertiary alicyclic amines) is 1. The molecule has 6 nitrogen and oxygen atoms in total. The first-order valence-electron chi connectivity index (χ1n) is 10.8. The van der Waals surface area contributed by atoms with E-state index in [2.05, 4.69) is 28.9 Å². The second-order valence-electron chi connectivity index (χ2n) is 8.92. The zero-order chi connectivity index (χ0) is 20.1. The van der Waals surface area contributed by atoms with E-state index in [0.29, 0.717) is 19.1 Å². The molecule has 0 unspecified atom stereocenters. The molecule has 3 rings (SSSR count). The summed E-state index contributed by atoms with van der Waals surface area (Å²) in [5.74, 6) is 1.10. The van der Waals surface area contributed by atoms with Gasteiger partial charge in [0.15, 0.2) is 0 Å². The van der Waals surface area contributed by atoms with Gasteiger partial charge in [-0.05, 0) is 59.2 Å². The van der Waals surface area contributed by atoms with Crippen LogP contribution in [0.2, 0.25) is 0 Å². The molecule has 1 atom stereocenters. The first-order chi connectivity index (χ1) is 13.4. The third-order valence-corrected chi connectivity index (χ3v) is 5.57. The Morgan fingerprint density at radius 1 is 1.21 bits per heavy atom. The lowest BCUT2D eigenvalue weighted by Crippen LogP contribution is -2.50. The van der Waals surface area contributed by atoms with Crippen LogP contribution in [-0.2, 0) is 4.74 Å². The van der Waals surface area contributed by atoms with E-state index in [4.69, 9.17) is 9.72 Å². The van der Waals surface area contributed by atoms with Gasteiger partial charge >= 0.3 is 6.09 Å². The molecule has 2 aliphatic heterocycles. The van der Waals surface area contributed by atoms with Gasteiger partial charge in [-0.3, -0.25) is 4.90 Å². The van der Waals surface area contributed by atoms with Crippen molar-refractivity contribution in [3.63, 3.8) is 0 Å². The van der Waals surface area contributed by atoms with Gasteiger partial charge in [0.05, 0.1) is 0 Å². The highest BCUT2D eigenvalue weighted by molar-refractivity contribution is 5.68. The zero-order valence-electron chi connectivity index (χ0n) is 18.0. The minimum Gasteiger partial charge on any atom is -0.444 e. The Hall–Kier alpha value is -1.82. The Bertz CT molecular complexity index is 650. The number of anilines is 1. The number of carbonyl (C=O) groups is 1. The zero-order valence-corrected chi connectivity index (χ0v) is 18.0. The number of hydrogen-bond acceptors (Lipinski definition) is 5. The number of pyridine rings is 1. The van der Waals surface area contributed by atoms with E-state index in [0.717, 1.165) is 18.9 Å². The first-order valence-corrected chi connectivity index (χ1v) is 10.8. The minimum atomic E-state index is -0.452. The van der Waals surface area contributed by atoms with E-state index < -0.39 is 5.60 Å². The second-order valence-corrected chi connectivity index (χ2v) is 8.92. The van der Waals surface area contributed by atoms with Crippen LogP contribution in [0.4, 0.5) is 10.6 Å². The number of piperazine rings is 1. The van der Waals surface area contributed by atoms with Crippen LogP contribution >= 0.6 is 0 Å². The molecular formula is C22H36N4O2. The van der Waals surface area contributed by atoms with Crippen LogP contribution < -0.4 is 4.90 Å². The Labute approximate surface area is 169 Å². The molecule has 2 saturated heterocycles. The Balaban J connectivity index is 1.66. The fourth-order valence-electron chi connectivity index (χ4n) is 4.17. The van der Waals surface area contributed by atoms with Gasteiger partial charge < -0.3 is 14.5 Å². The number of rotatable bonds is 5. The van der Waals surface area contributed by atoms with Crippen LogP contribution in [0.1, 0.15) is 65.0 Å². The molecule has 0 saturated carbocycles. The van der Waals surface area contributed by atoms with Crippen LogP contribution in [0.15, 0.2) is 18.3 Å².